The summed E-state index contributed by atoms with van der Waals surface area (Å²) in [6.07, 6.45) is 0. The second kappa shape index (κ2) is 6.58. The molecule has 2 aromatic carbocycles. The monoisotopic (exact) mass is 268 g/mol. The molecule has 0 fully saturated rings. The molecule has 106 valence electrons. The van der Waals surface area contributed by atoms with Gasteiger partial charge in [-0.1, -0.05) is 36.4 Å². The summed E-state index contributed by atoms with van der Waals surface area (Å²) in [6, 6.07) is 15.1. The first-order valence-electron chi connectivity index (χ1n) is 7.24. The molecule has 0 saturated heterocycles. The fourth-order valence-corrected chi connectivity index (χ4v) is 2.50. The van der Waals surface area contributed by atoms with Crippen molar-refractivity contribution in [2.75, 3.05) is 11.4 Å². The predicted octanol–water partition coefficient (Wildman–Crippen LogP) is 3.79. The van der Waals surface area contributed by atoms with Crippen molar-refractivity contribution in [1.82, 2.24) is 0 Å². The highest BCUT2D eigenvalue weighted by atomic mass is 15.1. The van der Waals surface area contributed by atoms with Crippen LogP contribution in [0.25, 0.3) is 0 Å². The van der Waals surface area contributed by atoms with Crippen LogP contribution in [0.1, 0.15) is 29.2 Å². The molecule has 0 saturated carbocycles. The summed E-state index contributed by atoms with van der Waals surface area (Å²) in [5.41, 5.74) is 12.4. The van der Waals surface area contributed by atoms with Crippen LogP contribution in [0.2, 0.25) is 0 Å². The summed E-state index contributed by atoms with van der Waals surface area (Å²) in [6.45, 7) is 8.99. The topological polar surface area (TPSA) is 29.3 Å². The van der Waals surface area contributed by atoms with Gasteiger partial charge in [0.2, 0.25) is 0 Å². The van der Waals surface area contributed by atoms with E-state index in [4.69, 9.17) is 5.73 Å². The molecule has 2 rings (SSSR count). The highest BCUT2D eigenvalue weighted by Gasteiger charge is 2.11. The minimum absolute atomic E-state index is 0.583. The van der Waals surface area contributed by atoms with E-state index in [0.29, 0.717) is 6.54 Å². The Labute approximate surface area is 122 Å². The van der Waals surface area contributed by atoms with Crippen LogP contribution in [0, 0.1) is 13.8 Å². The van der Waals surface area contributed by atoms with Crippen molar-refractivity contribution in [2.45, 2.75) is 33.9 Å². The average Bonchev–Trinajstić information content (AvgIpc) is 2.46. The number of hydrogen-bond donors (Lipinski definition) is 1. The third kappa shape index (κ3) is 3.20. The van der Waals surface area contributed by atoms with Crippen LogP contribution in [0.15, 0.2) is 42.5 Å². The van der Waals surface area contributed by atoms with Gasteiger partial charge < -0.3 is 10.6 Å². The number of nitrogens with two attached hydrogens (primary N) is 1. The maximum atomic E-state index is 5.89. The predicted molar refractivity (Wildman–Crippen MR) is 87.0 cm³/mol. The molecule has 0 radical (unpaired) electrons. The minimum atomic E-state index is 0.583. The van der Waals surface area contributed by atoms with Crippen LogP contribution in [0.5, 0.6) is 0 Å². The lowest BCUT2D eigenvalue weighted by molar-refractivity contribution is 0.816. The van der Waals surface area contributed by atoms with E-state index < -0.39 is 0 Å². The van der Waals surface area contributed by atoms with E-state index in [0.717, 1.165) is 13.1 Å². The first-order valence-corrected chi connectivity index (χ1v) is 7.24. The molecule has 0 unspecified atom stereocenters. The lowest BCUT2D eigenvalue weighted by Crippen LogP contribution is -2.24. The average molecular weight is 268 g/mol. The molecule has 0 aliphatic rings. The molecule has 0 bridgehead atoms. The van der Waals surface area contributed by atoms with Gasteiger partial charge in [-0.25, -0.2) is 0 Å². The SMILES string of the molecule is CCN(Cc1ccccc1C)c1cc(C)ccc1CN. The van der Waals surface area contributed by atoms with E-state index in [1.54, 1.807) is 0 Å². The van der Waals surface area contributed by atoms with E-state index in [-0.39, 0.29) is 0 Å². The van der Waals surface area contributed by atoms with Crippen LogP contribution in [0.4, 0.5) is 5.69 Å². The molecule has 2 aromatic rings. The molecule has 0 aliphatic carbocycles. The van der Waals surface area contributed by atoms with Crippen molar-refractivity contribution in [2.24, 2.45) is 5.73 Å². The van der Waals surface area contributed by atoms with E-state index in [1.165, 1.54) is 27.9 Å². The number of hydrogen-bond acceptors (Lipinski definition) is 2. The third-order valence-electron chi connectivity index (χ3n) is 3.81. The van der Waals surface area contributed by atoms with Gasteiger partial charge in [0.1, 0.15) is 0 Å². The molecular weight excluding hydrogens is 244 g/mol. The highest BCUT2D eigenvalue weighted by molar-refractivity contribution is 5.56. The number of anilines is 1. The summed E-state index contributed by atoms with van der Waals surface area (Å²) in [5.74, 6) is 0. The van der Waals surface area contributed by atoms with Gasteiger partial charge in [-0.15, -0.1) is 0 Å². The maximum absolute atomic E-state index is 5.89. The largest absolute Gasteiger partial charge is 0.367 e. The van der Waals surface area contributed by atoms with Crippen molar-refractivity contribution in [3.63, 3.8) is 0 Å². The van der Waals surface area contributed by atoms with Gasteiger partial charge in [-0.05, 0) is 49.1 Å². The van der Waals surface area contributed by atoms with Gasteiger partial charge in [0.25, 0.3) is 0 Å². The Morgan fingerprint density at radius 3 is 2.40 bits per heavy atom. The molecule has 0 atom stereocenters. The zero-order chi connectivity index (χ0) is 14.5. The van der Waals surface area contributed by atoms with Gasteiger partial charge >= 0.3 is 0 Å². The molecule has 20 heavy (non-hydrogen) atoms. The Kier molecular flexibility index (Phi) is 4.80. The fourth-order valence-electron chi connectivity index (χ4n) is 2.50. The molecule has 0 aliphatic heterocycles. The van der Waals surface area contributed by atoms with Gasteiger partial charge in [-0.3, -0.25) is 0 Å². The molecule has 2 heteroatoms. The van der Waals surface area contributed by atoms with Crippen molar-refractivity contribution in [3.8, 4) is 0 Å². The summed E-state index contributed by atoms with van der Waals surface area (Å²) in [7, 11) is 0. The molecule has 0 heterocycles. The van der Waals surface area contributed by atoms with E-state index >= 15 is 0 Å². The fraction of sp³-hybridized carbons (Fsp3) is 0.333. The van der Waals surface area contributed by atoms with E-state index in [2.05, 4.69) is 68.1 Å². The van der Waals surface area contributed by atoms with Gasteiger partial charge in [0.15, 0.2) is 0 Å². The summed E-state index contributed by atoms with van der Waals surface area (Å²) >= 11 is 0. The first kappa shape index (κ1) is 14.6. The van der Waals surface area contributed by atoms with Crippen LogP contribution in [0.3, 0.4) is 0 Å². The number of benzene rings is 2. The van der Waals surface area contributed by atoms with Crippen LogP contribution in [-0.4, -0.2) is 6.54 Å². The second-order valence-corrected chi connectivity index (χ2v) is 5.28. The van der Waals surface area contributed by atoms with E-state index in [9.17, 15) is 0 Å². The Bertz CT molecular complexity index is 575. The number of nitrogens with zero attached hydrogens (tertiary/aromatic N) is 1. The maximum Gasteiger partial charge on any atom is 0.0432 e. The highest BCUT2D eigenvalue weighted by Crippen LogP contribution is 2.24. The van der Waals surface area contributed by atoms with Gasteiger partial charge in [0, 0.05) is 25.3 Å². The van der Waals surface area contributed by atoms with Crippen molar-refractivity contribution in [3.05, 3.63) is 64.7 Å². The third-order valence-corrected chi connectivity index (χ3v) is 3.81. The van der Waals surface area contributed by atoms with Crippen molar-refractivity contribution < 1.29 is 0 Å². The van der Waals surface area contributed by atoms with Gasteiger partial charge in [-0.2, -0.15) is 0 Å². The standard InChI is InChI=1S/C18H24N2/c1-4-20(13-17-8-6-5-7-15(17)3)18-11-14(2)9-10-16(18)12-19/h5-11H,4,12-13,19H2,1-3H3. The normalized spacial score (nSPS) is 10.6. The Hall–Kier alpha value is -1.80. The van der Waals surface area contributed by atoms with Crippen molar-refractivity contribution in [1.29, 1.82) is 0 Å². The molecule has 0 spiro atoms. The van der Waals surface area contributed by atoms with Gasteiger partial charge in [0.05, 0.1) is 0 Å². The summed E-state index contributed by atoms with van der Waals surface area (Å²) in [4.78, 5) is 2.40. The summed E-state index contributed by atoms with van der Waals surface area (Å²) in [5, 5.41) is 0. The van der Waals surface area contributed by atoms with E-state index in [1.807, 2.05) is 0 Å². The zero-order valence-electron chi connectivity index (χ0n) is 12.7. The van der Waals surface area contributed by atoms with Crippen LogP contribution < -0.4 is 10.6 Å². The summed E-state index contributed by atoms with van der Waals surface area (Å²) < 4.78 is 0. The molecule has 0 aromatic heterocycles. The smallest absolute Gasteiger partial charge is 0.0432 e. The van der Waals surface area contributed by atoms with Crippen LogP contribution in [-0.2, 0) is 13.1 Å². The Morgan fingerprint density at radius 2 is 1.75 bits per heavy atom. The Morgan fingerprint density at radius 1 is 1.00 bits per heavy atom. The molecular formula is C18H24N2. The second-order valence-electron chi connectivity index (χ2n) is 5.28. The molecule has 2 N–H and O–H groups in total. The zero-order valence-corrected chi connectivity index (χ0v) is 12.7. The minimum Gasteiger partial charge on any atom is -0.367 e. The molecule has 2 nitrogen and oxygen atoms in total. The lowest BCUT2D eigenvalue weighted by Gasteiger charge is -2.27. The van der Waals surface area contributed by atoms with Crippen molar-refractivity contribution >= 4 is 5.69 Å². The quantitative estimate of drug-likeness (QED) is 0.894. The Balaban J connectivity index is 2.33. The number of rotatable bonds is 5. The molecule has 0 amide bonds. The van der Waals surface area contributed by atoms with Crippen LogP contribution >= 0.6 is 0 Å². The lowest BCUT2D eigenvalue weighted by atomic mass is 10.1. The number of aryl methyl sites for hydroxylation is 2. The first-order chi connectivity index (χ1) is 9.65.